The Labute approximate surface area is 156 Å². The standard InChI is InChI=1S/C20H17Cl2NO2/c21-12-2-1-3-13(22)18(12)23-19(24)16-10-7-11(17(16)20(23)25)15-9-5-4-8(6-9)14(10)15/h1-5,8-11,14-17H,6-7H2. The zero-order valence-corrected chi connectivity index (χ0v) is 15.0. The van der Waals surface area contributed by atoms with Crippen molar-refractivity contribution in [2.24, 2.45) is 47.3 Å². The fraction of sp³-hybridized carbons (Fsp3) is 0.500. The number of carbonyl (C=O) groups excluding carboxylic acids is 2. The van der Waals surface area contributed by atoms with Crippen molar-refractivity contribution in [3.63, 3.8) is 0 Å². The number of hydrogen-bond acceptors (Lipinski definition) is 2. The van der Waals surface area contributed by atoms with E-state index in [1.54, 1.807) is 18.2 Å². The minimum atomic E-state index is -0.168. The molecule has 0 aromatic heterocycles. The Kier molecular flexibility index (Phi) is 2.78. The number of rotatable bonds is 1. The van der Waals surface area contributed by atoms with Crippen LogP contribution in [0.5, 0.6) is 0 Å². The Morgan fingerprint density at radius 1 is 0.840 bits per heavy atom. The molecule has 6 rings (SSSR count). The first-order chi connectivity index (χ1) is 12.1. The Bertz CT molecular complexity index is 803. The van der Waals surface area contributed by atoms with E-state index in [4.69, 9.17) is 23.2 Å². The molecule has 4 aliphatic carbocycles. The number of imide groups is 1. The van der Waals surface area contributed by atoms with Gasteiger partial charge >= 0.3 is 0 Å². The minimum absolute atomic E-state index is 0.0808. The predicted molar refractivity (Wildman–Crippen MR) is 95.2 cm³/mol. The summed E-state index contributed by atoms with van der Waals surface area (Å²) in [4.78, 5) is 27.8. The van der Waals surface area contributed by atoms with E-state index in [1.165, 1.54) is 11.3 Å². The fourth-order valence-corrected chi connectivity index (χ4v) is 7.61. The van der Waals surface area contributed by atoms with Crippen LogP contribution in [0.4, 0.5) is 5.69 Å². The van der Waals surface area contributed by atoms with E-state index in [0.717, 1.165) is 6.42 Å². The molecule has 4 fully saturated rings. The van der Waals surface area contributed by atoms with Gasteiger partial charge in [-0.1, -0.05) is 41.4 Å². The lowest BCUT2D eigenvalue weighted by Gasteiger charge is -2.36. The summed E-state index contributed by atoms with van der Waals surface area (Å²) < 4.78 is 0. The Morgan fingerprint density at radius 3 is 1.88 bits per heavy atom. The van der Waals surface area contributed by atoms with E-state index in [2.05, 4.69) is 12.2 Å². The molecule has 5 heteroatoms. The number of amides is 2. The van der Waals surface area contributed by atoms with Gasteiger partial charge in [-0.2, -0.15) is 0 Å². The average Bonchev–Trinajstić information content (AvgIpc) is 3.35. The van der Waals surface area contributed by atoms with E-state index in [-0.39, 0.29) is 23.7 Å². The lowest BCUT2D eigenvalue weighted by atomic mass is 9.65. The molecule has 2 amide bonds. The summed E-state index contributed by atoms with van der Waals surface area (Å²) in [6.45, 7) is 0. The molecule has 8 atom stereocenters. The molecule has 0 N–H and O–H groups in total. The number of benzene rings is 1. The molecular weight excluding hydrogens is 357 g/mol. The van der Waals surface area contributed by atoms with Gasteiger partial charge in [0.05, 0.1) is 27.6 Å². The highest BCUT2D eigenvalue weighted by Gasteiger charge is 2.71. The third kappa shape index (κ3) is 1.61. The first kappa shape index (κ1) is 14.8. The minimum Gasteiger partial charge on any atom is -0.274 e. The van der Waals surface area contributed by atoms with Crippen molar-refractivity contribution in [3.8, 4) is 0 Å². The average molecular weight is 374 g/mol. The van der Waals surface area contributed by atoms with Crippen LogP contribution in [0.3, 0.4) is 0 Å². The SMILES string of the molecule is O=C1C2C3CC(C2C(=O)N1c1c(Cl)cccc1Cl)C1C2C=CC(C2)C31. The zero-order chi connectivity index (χ0) is 17.0. The van der Waals surface area contributed by atoms with E-state index in [9.17, 15) is 9.59 Å². The molecule has 0 spiro atoms. The maximum Gasteiger partial charge on any atom is 0.238 e. The predicted octanol–water partition coefficient (Wildman–Crippen LogP) is 4.19. The molecule has 1 aliphatic heterocycles. The molecule has 1 aromatic rings. The van der Waals surface area contributed by atoms with Crippen molar-refractivity contribution < 1.29 is 9.59 Å². The number of nitrogens with zero attached hydrogens (tertiary/aromatic N) is 1. The van der Waals surface area contributed by atoms with Crippen molar-refractivity contribution in [2.75, 3.05) is 4.90 Å². The molecule has 0 radical (unpaired) electrons. The summed E-state index contributed by atoms with van der Waals surface area (Å²) in [5.41, 5.74) is 0.376. The maximum atomic E-state index is 13.3. The van der Waals surface area contributed by atoms with Gasteiger partial charge in [-0.15, -0.1) is 0 Å². The van der Waals surface area contributed by atoms with Gasteiger partial charge in [-0.3, -0.25) is 9.59 Å². The molecule has 3 nitrogen and oxygen atoms in total. The summed E-state index contributed by atoms with van der Waals surface area (Å²) in [7, 11) is 0. The van der Waals surface area contributed by atoms with E-state index >= 15 is 0 Å². The highest BCUT2D eigenvalue weighted by molar-refractivity contribution is 6.42. The third-order valence-electron chi connectivity index (χ3n) is 7.60. The molecule has 3 saturated carbocycles. The van der Waals surface area contributed by atoms with Gasteiger partial charge in [-0.05, 0) is 60.5 Å². The second-order valence-electron chi connectivity index (χ2n) is 8.30. The molecular formula is C20H17Cl2NO2. The number of allylic oxidation sites excluding steroid dienone is 2. The number of halogens is 2. The Balaban J connectivity index is 1.44. The summed E-state index contributed by atoms with van der Waals surface area (Å²) in [6, 6.07) is 5.10. The van der Waals surface area contributed by atoms with Gasteiger partial charge in [-0.25, -0.2) is 4.90 Å². The van der Waals surface area contributed by atoms with Gasteiger partial charge in [0, 0.05) is 0 Å². The van der Waals surface area contributed by atoms with E-state index in [1.807, 2.05) is 0 Å². The van der Waals surface area contributed by atoms with Crippen molar-refractivity contribution >= 4 is 40.7 Å². The molecule has 1 heterocycles. The second kappa shape index (κ2) is 4.69. The zero-order valence-electron chi connectivity index (χ0n) is 13.4. The van der Waals surface area contributed by atoms with Crippen LogP contribution < -0.4 is 4.90 Å². The fourth-order valence-electron chi connectivity index (χ4n) is 7.04. The van der Waals surface area contributed by atoms with Crippen LogP contribution in [0.15, 0.2) is 30.4 Å². The van der Waals surface area contributed by atoms with Gasteiger partial charge in [0.25, 0.3) is 0 Å². The normalized spacial score (nSPS) is 45.6. The monoisotopic (exact) mass is 373 g/mol. The highest BCUT2D eigenvalue weighted by atomic mass is 35.5. The number of fused-ring (bicyclic) bond motifs is 12. The number of para-hydroxylation sites is 1. The van der Waals surface area contributed by atoms with E-state index < -0.39 is 0 Å². The highest BCUT2D eigenvalue weighted by Crippen LogP contribution is 2.70. The quantitative estimate of drug-likeness (QED) is 0.420. The molecule has 5 aliphatic rings. The van der Waals surface area contributed by atoms with Gasteiger partial charge in [0.2, 0.25) is 11.8 Å². The second-order valence-corrected chi connectivity index (χ2v) is 9.11. The molecule has 128 valence electrons. The largest absolute Gasteiger partial charge is 0.274 e. The van der Waals surface area contributed by atoms with Crippen LogP contribution in [0.1, 0.15) is 12.8 Å². The lowest BCUT2D eigenvalue weighted by Crippen LogP contribution is -2.38. The van der Waals surface area contributed by atoms with Crippen LogP contribution >= 0.6 is 23.2 Å². The topological polar surface area (TPSA) is 37.4 Å². The lowest BCUT2D eigenvalue weighted by molar-refractivity contribution is -0.123. The maximum absolute atomic E-state index is 13.3. The molecule has 8 unspecified atom stereocenters. The molecule has 4 bridgehead atoms. The third-order valence-corrected chi connectivity index (χ3v) is 8.21. The van der Waals surface area contributed by atoms with Gasteiger partial charge in [0.1, 0.15) is 0 Å². The van der Waals surface area contributed by atoms with Crippen molar-refractivity contribution in [1.82, 2.24) is 0 Å². The Hall–Kier alpha value is -1.32. The van der Waals surface area contributed by atoms with Gasteiger partial charge < -0.3 is 0 Å². The summed E-state index contributed by atoms with van der Waals surface area (Å²) in [5, 5.41) is 0.729. The number of hydrogen-bond donors (Lipinski definition) is 0. The molecule has 1 aromatic carbocycles. The van der Waals surface area contributed by atoms with Gasteiger partial charge in [0.15, 0.2) is 0 Å². The van der Waals surface area contributed by atoms with Crippen molar-refractivity contribution in [1.29, 1.82) is 0 Å². The van der Waals surface area contributed by atoms with Crippen molar-refractivity contribution in [2.45, 2.75) is 12.8 Å². The van der Waals surface area contributed by atoms with Crippen LogP contribution in [-0.2, 0) is 9.59 Å². The summed E-state index contributed by atoms with van der Waals surface area (Å²) in [6.07, 6.45) is 6.97. The first-order valence-corrected chi connectivity index (χ1v) is 9.83. The van der Waals surface area contributed by atoms with Crippen LogP contribution in [0.25, 0.3) is 0 Å². The van der Waals surface area contributed by atoms with Crippen LogP contribution in [0.2, 0.25) is 10.0 Å². The van der Waals surface area contributed by atoms with Crippen molar-refractivity contribution in [3.05, 3.63) is 40.4 Å². The van der Waals surface area contributed by atoms with Crippen LogP contribution in [-0.4, -0.2) is 11.8 Å². The number of anilines is 1. The molecule has 1 saturated heterocycles. The molecule has 25 heavy (non-hydrogen) atoms. The van der Waals surface area contributed by atoms with Crippen LogP contribution in [0, 0.1) is 47.3 Å². The van der Waals surface area contributed by atoms with E-state index in [0.29, 0.717) is 51.2 Å². The number of carbonyl (C=O) groups is 2. The first-order valence-electron chi connectivity index (χ1n) is 9.08. The summed E-state index contributed by atoms with van der Waals surface area (Å²) in [5.74, 6) is 2.63. The summed E-state index contributed by atoms with van der Waals surface area (Å²) >= 11 is 12.6. The Morgan fingerprint density at radius 2 is 1.36 bits per heavy atom. The smallest absolute Gasteiger partial charge is 0.238 e.